The van der Waals surface area contributed by atoms with E-state index in [-0.39, 0.29) is 11.3 Å². The molecule has 0 aliphatic heterocycles. The van der Waals surface area contributed by atoms with Crippen LogP contribution in [0.5, 0.6) is 0 Å². The van der Waals surface area contributed by atoms with Crippen LogP contribution in [0, 0.1) is 6.92 Å². The highest BCUT2D eigenvalue weighted by molar-refractivity contribution is 5.90. The largest absolute Gasteiger partial charge is 0.364 e. The number of H-pyrrole nitrogens is 1. The molecule has 5 heteroatoms. The summed E-state index contributed by atoms with van der Waals surface area (Å²) in [6.45, 7) is 1.88. The van der Waals surface area contributed by atoms with E-state index in [1.165, 1.54) is 10.7 Å². The first-order chi connectivity index (χ1) is 7.59. The van der Waals surface area contributed by atoms with E-state index >= 15 is 0 Å². The molecule has 0 spiro atoms. The molecule has 2 aromatic rings. The fourth-order valence-corrected chi connectivity index (χ4v) is 1.52. The van der Waals surface area contributed by atoms with Crippen LogP contribution in [0.2, 0.25) is 0 Å². The fraction of sp³-hybridized carbons (Fsp3) is 0.0909. The molecule has 0 aliphatic rings. The maximum Gasteiger partial charge on any atom is 0.272 e. The first kappa shape index (κ1) is 10.2. The minimum Gasteiger partial charge on any atom is -0.364 e. The number of hydrogen-bond donors (Lipinski definition) is 2. The summed E-state index contributed by atoms with van der Waals surface area (Å²) >= 11 is 0. The van der Waals surface area contributed by atoms with Gasteiger partial charge in [-0.3, -0.25) is 14.7 Å². The number of primary amides is 1. The lowest BCUT2D eigenvalue weighted by molar-refractivity contribution is 0.0995. The number of para-hydroxylation sites is 1. The average Bonchev–Trinajstić information content (AvgIpc) is 2.61. The van der Waals surface area contributed by atoms with Crippen LogP contribution in [0.4, 0.5) is 0 Å². The summed E-state index contributed by atoms with van der Waals surface area (Å²) < 4.78 is 1.30. The van der Waals surface area contributed by atoms with Gasteiger partial charge in [0.15, 0.2) is 0 Å². The molecule has 0 atom stereocenters. The first-order valence-corrected chi connectivity index (χ1v) is 4.77. The third kappa shape index (κ3) is 1.63. The molecule has 1 aromatic carbocycles. The molecule has 2 rings (SSSR count). The Kier molecular flexibility index (Phi) is 2.36. The number of benzene rings is 1. The van der Waals surface area contributed by atoms with Crippen LogP contribution in [-0.2, 0) is 0 Å². The predicted molar refractivity (Wildman–Crippen MR) is 59.6 cm³/mol. The van der Waals surface area contributed by atoms with E-state index in [1.54, 1.807) is 6.07 Å². The van der Waals surface area contributed by atoms with Crippen molar-refractivity contribution in [3.63, 3.8) is 0 Å². The van der Waals surface area contributed by atoms with Crippen LogP contribution in [-0.4, -0.2) is 15.7 Å². The van der Waals surface area contributed by atoms with Crippen LogP contribution in [0.3, 0.4) is 0 Å². The van der Waals surface area contributed by atoms with E-state index < -0.39 is 5.91 Å². The lowest BCUT2D eigenvalue weighted by Gasteiger charge is -2.04. The fourth-order valence-electron chi connectivity index (χ4n) is 1.52. The summed E-state index contributed by atoms with van der Waals surface area (Å²) in [4.78, 5) is 22.5. The molecule has 82 valence electrons. The quantitative estimate of drug-likeness (QED) is 0.771. The summed E-state index contributed by atoms with van der Waals surface area (Å²) in [6, 6.07) is 8.56. The minimum absolute atomic E-state index is 0.105. The Morgan fingerprint density at radius 1 is 1.38 bits per heavy atom. The van der Waals surface area contributed by atoms with E-state index in [1.807, 2.05) is 25.1 Å². The molecule has 1 aromatic heterocycles. The number of carbonyl (C=O) groups excluding carboxylic acids is 1. The van der Waals surface area contributed by atoms with E-state index in [9.17, 15) is 9.59 Å². The van der Waals surface area contributed by atoms with Gasteiger partial charge in [-0.15, -0.1) is 0 Å². The monoisotopic (exact) mass is 217 g/mol. The molecule has 5 nitrogen and oxygen atoms in total. The van der Waals surface area contributed by atoms with Crippen molar-refractivity contribution in [1.29, 1.82) is 0 Å². The van der Waals surface area contributed by atoms with Crippen molar-refractivity contribution >= 4 is 5.91 Å². The van der Waals surface area contributed by atoms with Crippen molar-refractivity contribution in [3.8, 4) is 5.69 Å². The molecular formula is C11H11N3O2. The van der Waals surface area contributed by atoms with Crippen LogP contribution >= 0.6 is 0 Å². The van der Waals surface area contributed by atoms with Gasteiger partial charge in [0.05, 0.1) is 5.69 Å². The van der Waals surface area contributed by atoms with Gasteiger partial charge < -0.3 is 5.73 Å². The number of amides is 1. The molecule has 0 bridgehead atoms. The zero-order valence-corrected chi connectivity index (χ0v) is 8.73. The third-order valence-electron chi connectivity index (χ3n) is 2.34. The lowest BCUT2D eigenvalue weighted by atomic mass is 10.2. The van der Waals surface area contributed by atoms with Gasteiger partial charge in [0.2, 0.25) is 0 Å². The van der Waals surface area contributed by atoms with Crippen LogP contribution in [0.1, 0.15) is 16.1 Å². The zero-order valence-electron chi connectivity index (χ0n) is 8.73. The molecular weight excluding hydrogens is 206 g/mol. The molecule has 16 heavy (non-hydrogen) atoms. The Balaban J connectivity index is 2.61. The highest BCUT2D eigenvalue weighted by Gasteiger charge is 2.09. The zero-order chi connectivity index (χ0) is 11.7. The van der Waals surface area contributed by atoms with Crippen LogP contribution < -0.4 is 11.3 Å². The van der Waals surface area contributed by atoms with E-state index in [0.29, 0.717) is 5.69 Å². The Morgan fingerprint density at radius 2 is 2.06 bits per heavy atom. The van der Waals surface area contributed by atoms with E-state index in [2.05, 4.69) is 5.10 Å². The summed E-state index contributed by atoms with van der Waals surface area (Å²) in [5, 5.41) is 2.67. The van der Waals surface area contributed by atoms with Gasteiger partial charge >= 0.3 is 0 Å². The lowest BCUT2D eigenvalue weighted by Crippen LogP contribution is -2.15. The third-order valence-corrected chi connectivity index (χ3v) is 2.34. The number of carbonyl (C=O) groups is 1. The highest BCUT2D eigenvalue weighted by Crippen LogP contribution is 2.10. The molecule has 1 amide bonds. The number of aromatic nitrogens is 2. The number of nitrogens with two attached hydrogens (primary N) is 1. The number of rotatable bonds is 2. The van der Waals surface area contributed by atoms with Gasteiger partial charge in [-0.1, -0.05) is 18.2 Å². The average molecular weight is 217 g/mol. The van der Waals surface area contributed by atoms with E-state index in [4.69, 9.17) is 5.73 Å². The van der Waals surface area contributed by atoms with Crippen molar-refractivity contribution in [2.45, 2.75) is 6.92 Å². The number of hydrogen-bond acceptors (Lipinski definition) is 2. The predicted octanol–water partition coefficient (Wildman–Crippen LogP) is 0.573. The van der Waals surface area contributed by atoms with Gasteiger partial charge in [-0.2, -0.15) is 0 Å². The van der Waals surface area contributed by atoms with Crippen molar-refractivity contribution in [1.82, 2.24) is 9.78 Å². The Hall–Kier alpha value is -2.30. The maximum absolute atomic E-state index is 11.6. The van der Waals surface area contributed by atoms with Gasteiger partial charge in [-0.25, -0.2) is 4.68 Å². The molecule has 0 saturated heterocycles. The normalized spacial score (nSPS) is 10.3. The minimum atomic E-state index is -0.649. The van der Waals surface area contributed by atoms with Gasteiger partial charge in [0, 0.05) is 6.07 Å². The second-order valence-electron chi connectivity index (χ2n) is 3.49. The Bertz CT molecular complexity index is 595. The summed E-state index contributed by atoms with van der Waals surface area (Å²) in [7, 11) is 0. The highest BCUT2D eigenvalue weighted by atomic mass is 16.2. The topological polar surface area (TPSA) is 80.9 Å². The molecule has 3 N–H and O–H groups in total. The van der Waals surface area contributed by atoms with Crippen molar-refractivity contribution in [2.75, 3.05) is 0 Å². The van der Waals surface area contributed by atoms with Crippen LogP contribution in [0.15, 0.2) is 35.1 Å². The molecule has 1 heterocycles. The molecule has 0 saturated carbocycles. The smallest absolute Gasteiger partial charge is 0.272 e. The molecule has 0 aliphatic carbocycles. The number of nitrogens with zero attached hydrogens (tertiary/aromatic N) is 1. The second kappa shape index (κ2) is 3.69. The first-order valence-electron chi connectivity index (χ1n) is 4.77. The van der Waals surface area contributed by atoms with Crippen LogP contribution in [0.25, 0.3) is 5.69 Å². The Morgan fingerprint density at radius 3 is 2.62 bits per heavy atom. The van der Waals surface area contributed by atoms with Gasteiger partial charge in [-0.05, 0) is 18.6 Å². The van der Waals surface area contributed by atoms with E-state index in [0.717, 1.165) is 5.56 Å². The molecule has 0 unspecified atom stereocenters. The van der Waals surface area contributed by atoms with Crippen molar-refractivity contribution in [2.24, 2.45) is 5.73 Å². The second-order valence-corrected chi connectivity index (χ2v) is 3.49. The summed E-state index contributed by atoms with van der Waals surface area (Å²) in [6.07, 6.45) is 0. The van der Waals surface area contributed by atoms with Crippen molar-refractivity contribution < 1.29 is 4.79 Å². The van der Waals surface area contributed by atoms with Crippen molar-refractivity contribution in [3.05, 3.63) is 51.9 Å². The maximum atomic E-state index is 11.6. The van der Waals surface area contributed by atoms with Gasteiger partial charge in [0.1, 0.15) is 5.69 Å². The Labute approximate surface area is 91.5 Å². The molecule has 0 fully saturated rings. The SMILES string of the molecule is Cc1ccccc1-n1[nH]c(C(N)=O)cc1=O. The summed E-state index contributed by atoms with van der Waals surface area (Å²) in [5.41, 5.74) is 6.53. The number of aromatic amines is 1. The standard InChI is InChI=1S/C11H11N3O2/c1-7-4-2-3-5-9(7)14-10(15)6-8(13-14)11(12)16/h2-6,13H,1H3,(H2,12,16). The number of aryl methyl sites for hydroxylation is 1. The van der Waals surface area contributed by atoms with Gasteiger partial charge in [0.25, 0.3) is 11.5 Å². The number of nitrogens with one attached hydrogen (secondary N) is 1. The molecule has 0 radical (unpaired) electrons. The summed E-state index contributed by atoms with van der Waals surface area (Å²) in [5.74, 6) is -0.649.